The van der Waals surface area contributed by atoms with Gasteiger partial charge in [-0.1, -0.05) is 0 Å². The molecule has 2 N–H and O–H groups in total. The highest BCUT2D eigenvalue weighted by molar-refractivity contribution is 5.97. The Morgan fingerprint density at radius 3 is 2.77 bits per heavy atom. The zero-order valence-electron chi connectivity index (χ0n) is 12.5. The summed E-state index contributed by atoms with van der Waals surface area (Å²) in [6, 6.07) is 2.60. The number of nitrogens with zero attached hydrogens (tertiary/aromatic N) is 3. The summed E-state index contributed by atoms with van der Waals surface area (Å²) in [5, 5.41) is 12.3. The van der Waals surface area contributed by atoms with Gasteiger partial charge in [-0.3, -0.25) is 19.5 Å². The molecule has 2 saturated heterocycles. The van der Waals surface area contributed by atoms with Crippen LogP contribution in [-0.2, 0) is 16.1 Å². The molecular formula is C15H20N4O3. The first-order valence-corrected chi connectivity index (χ1v) is 7.46. The highest BCUT2D eigenvalue weighted by atomic mass is 16.3. The van der Waals surface area contributed by atoms with Gasteiger partial charge in [-0.25, -0.2) is 0 Å². The number of rotatable bonds is 3. The normalized spacial score (nSPS) is 27.3. The minimum Gasteiger partial charge on any atom is -0.391 e. The molecule has 3 atom stereocenters. The Bertz CT molecular complexity index is 563. The van der Waals surface area contributed by atoms with Crippen molar-refractivity contribution >= 4 is 11.8 Å². The van der Waals surface area contributed by atoms with E-state index in [4.69, 9.17) is 0 Å². The predicted molar refractivity (Wildman–Crippen MR) is 78.6 cm³/mol. The molecule has 0 bridgehead atoms. The quantitative estimate of drug-likeness (QED) is 0.746. The van der Waals surface area contributed by atoms with Crippen LogP contribution in [0.15, 0.2) is 24.5 Å². The van der Waals surface area contributed by atoms with Gasteiger partial charge in [-0.15, -0.1) is 0 Å². The predicted octanol–water partition coefficient (Wildman–Crippen LogP) is -1.03. The molecule has 3 heterocycles. The molecule has 1 aromatic heterocycles. The monoisotopic (exact) mass is 304 g/mol. The second kappa shape index (κ2) is 6.02. The summed E-state index contributed by atoms with van der Waals surface area (Å²) in [4.78, 5) is 32.3. The van der Waals surface area contributed by atoms with E-state index in [-0.39, 0.29) is 11.8 Å². The average Bonchev–Trinajstić information content (AvgIpc) is 2.51. The molecule has 1 aromatic rings. The molecule has 0 spiro atoms. The third-order valence-corrected chi connectivity index (χ3v) is 4.25. The van der Waals surface area contributed by atoms with Gasteiger partial charge in [0, 0.05) is 38.6 Å². The molecule has 118 valence electrons. The molecule has 2 aliphatic rings. The van der Waals surface area contributed by atoms with E-state index in [1.54, 1.807) is 17.3 Å². The van der Waals surface area contributed by atoms with E-state index in [0.717, 1.165) is 12.1 Å². The second-order valence-electron chi connectivity index (χ2n) is 5.86. The van der Waals surface area contributed by atoms with Gasteiger partial charge >= 0.3 is 0 Å². The summed E-state index contributed by atoms with van der Waals surface area (Å²) in [5.74, 6) is -0.381. The molecule has 7 nitrogen and oxygen atoms in total. The van der Waals surface area contributed by atoms with Crippen LogP contribution < -0.4 is 5.32 Å². The number of piperazine rings is 2. The number of aliphatic hydroxyl groups excluding tert-OH is 1. The van der Waals surface area contributed by atoms with Gasteiger partial charge in [0.25, 0.3) is 0 Å². The summed E-state index contributed by atoms with van der Waals surface area (Å²) < 4.78 is 0. The van der Waals surface area contributed by atoms with Crippen LogP contribution in [0.1, 0.15) is 12.5 Å². The first-order chi connectivity index (χ1) is 10.6. The minimum atomic E-state index is -0.882. The van der Waals surface area contributed by atoms with Gasteiger partial charge in [0.15, 0.2) is 0 Å². The van der Waals surface area contributed by atoms with Gasteiger partial charge in [-0.2, -0.15) is 0 Å². The second-order valence-corrected chi connectivity index (χ2v) is 5.86. The zero-order valence-corrected chi connectivity index (χ0v) is 12.5. The Balaban J connectivity index is 1.68. The van der Waals surface area contributed by atoms with Crippen LogP contribution in [0.2, 0.25) is 0 Å². The fourth-order valence-corrected chi connectivity index (χ4v) is 3.03. The molecule has 0 aliphatic carbocycles. The highest BCUT2D eigenvalue weighted by Crippen LogP contribution is 2.19. The maximum atomic E-state index is 12.3. The number of carbonyl (C=O) groups is 2. The van der Waals surface area contributed by atoms with Gasteiger partial charge in [0.05, 0.1) is 6.10 Å². The maximum Gasteiger partial charge on any atom is 0.248 e. The third kappa shape index (κ3) is 2.82. The molecule has 2 fully saturated rings. The number of amides is 2. The van der Waals surface area contributed by atoms with Crippen LogP contribution in [0.25, 0.3) is 0 Å². The molecule has 22 heavy (non-hydrogen) atoms. The van der Waals surface area contributed by atoms with Crippen LogP contribution in [0.4, 0.5) is 0 Å². The van der Waals surface area contributed by atoms with Crippen molar-refractivity contribution in [3.8, 4) is 0 Å². The molecule has 0 aromatic carbocycles. The molecule has 0 unspecified atom stereocenters. The minimum absolute atomic E-state index is 0.190. The van der Waals surface area contributed by atoms with Crippen molar-refractivity contribution in [3.05, 3.63) is 30.1 Å². The Morgan fingerprint density at radius 2 is 2.09 bits per heavy atom. The molecule has 7 heteroatoms. The van der Waals surface area contributed by atoms with Gasteiger partial charge in [0.2, 0.25) is 11.8 Å². The first kappa shape index (κ1) is 14.9. The summed E-state index contributed by atoms with van der Waals surface area (Å²) in [6.07, 6.45) is 2.61. The van der Waals surface area contributed by atoms with Crippen molar-refractivity contribution in [2.75, 3.05) is 19.6 Å². The number of hydrogen-bond acceptors (Lipinski definition) is 5. The van der Waals surface area contributed by atoms with Crippen LogP contribution in [0, 0.1) is 0 Å². The van der Waals surface area contributed by atoms with Crippen molar-refractivity contribution < 1.29 is 14.7 Å². The van der Waals surface area contributed by atoms with E-state index >= 15 is 0 Å². The molecule has 0 radical (unpaired) electrons. The molecular weight excluding hydrogens is 284 g/mol. The molecule has 2 aliphatic heterocycles. The molecule has 2 amide bonds. The standard InChI is InChI=1S/C15H20N4O3/c1-10(20)13-15(22)19-7-6-18(9-12(19)14(21)17-13)8-11-2-4-16-5-3-11/h2-5,10,12-13,20H,6-9H2,1H3,(H,17,21)/t10-,12-,13+/m1/s1. The number of aromatic nitrogens is 1. The summed E-state index contributed by atoms with van der Waals surface area (Å²) in [6.45, 7) is 3.97. The van der Waals surface area contributed by atoms with Gasteiger partial charge in [-0.05, 0) is 24.6 Å². The van der Waals surface area contributed by atoms with Crippen molar-refractivity contribution in [2.24, 2.45) is 0 Å². The lowest BCUT2D eigenvalue weighted by Crippen LogP contribution is -2.70. The van der Waals surface area contributed by atoms with Crippen molar-refractivity contribution in [1.29, 1.82) is 0 Å². The highest BCUT2D eigenvalue weighted by Gasteiger charge is 2.44. The lowest BCUT2D eigenvalue weighted by atomic mass is 10.0. The van der Waals surface area contributed by atoms with E-state index in [1.807, 2.05) is 12.1 Å². The fourth-order valence-electron chi connectivity index (χ4n) is 3.03. The molecule has 3 rings (SSSR count). The van der Waals surface area contributed by atoms with E-state index < -0.39 is 18.2 Å². The fraction of sp³-hybridized carbons (Fsp3) is 0.533. The number of carbonyl (C=O) groups excluding carboxylic acids is 2. The van der Waals surface area contributed by atoms with Crippen molar-refractivity contribution in [3.63, 3.8) is 0 Å². The average molecular weight is 304 g/mol. The molecule has 0 saturated carbocycles. The van der Waals surface area contributed by atoms with Crippen LogP contribution >= 0.6 is 0 Å². The van der Waals surface area contributed by atoms with Gasteiger partial charge < -0.3 is 15.3 Å². The third-order valence-electron chi connectivity index (χ3n) is 4.25. The largest absolute Gasteiger partial charge is 0.391 e. The van der Waals surface area contributed by atoms with E-state index in [0.29, 0.717) is 19.6 Å². The lowest BCUT2D eigenvalue weighted by Gasteiger charge is -2.45. The van der Waals surface area contributed by atoms with Crippen molar-refractivity contribution in [2.45, 2.75) is 31.7 Å². The number of nitrogens with one attached hydrogen (secondary N) is 1. The maximum absolute atomic E-state index is 12.3. The van der Waals surface area contributed by atoms with Crippen LogP contribution in [-0.4, -0.2) is 69.5 Å². The van der Waals surface area contributed by atoms with Crippen LogP contribution in [0.3, 0.4) is 0 Å². The Morgan fingerprint density at radius 1 is 1.36 bits per heavy atom. The van der Waals surface area contributed by atoms with E-state index in [9.17, 15) is 14.7 Å². The number of hydrogen-bond donors (Lipinski definition) is 2. The number of aliphatic hydroxyl groups is 1. The smallest absolute Gasteiger partial charge is 0.248 e. The Kier molecular flexibility index (Phi) is 4.08. The first-order valence-electron chi connectivity index (χ1n) is 7.46. The lowest BCUT2D eigenvalue weighted by molar-refractivity contribution is -0.156. The topological polar surface area (TPSA) is 85.8 Å². The van der Waals surface area contributed by atoms with E-state index in [1.165, 1.54) is 6.92 Å². The number of pyridine rings is 1. The summed E-state index contributed by atoms with van der Waals surface area (Å²) in [5.41, 5.74) is 1.13. The summed E-state index contributed by atoms with van der Waals surface area (Å²) in [7, 11) is 0. The Hall–Kier alpha value is -1.99. The summed E-state index contributed by atoms with van der Waals surface area (Å²) >= 11 is 0. The number of fused-ring (bicyclic) bond motifs is 1. The van der Waals surface area contributed by atoms with Gasteiger partial charge in [0.1, 0.15) is 12.1 Å². The van der Waals surface area contributed by atoms with Crippen molar-refractivity contribution in [1.82, 2.24) is 20.1 Å². The Labute approximate surface area is 128 Å². The van der Waals surface area contributed by atoms with Crippen LogP contribution in [0.5, 0.6) is 0 Å². The van der Waals surface area contributed by atoms with E-state index in [2.05, 4.69) is 15.2 Å². The zero-order chi connectivity index (χ0) is 15.7. The SMILES string of the molecule is C[C@@H](O)[C@@H]1NC(=O)[C@H]2CN(Cc3ccncc3)CCN2C1=O.